The van der Waals surface area contributed by atoms with Crippen LogP contribution in [0.3, 0.4) is 0 Å². The molecule has 4 nitrogen and oxygen atoms in total. The monoisotopic (exact) mass is 268 g/mol. The summed E-state index contributed by atoms with van der Waals surface area (Å²) in [6, 6.07) is 15.0. The van der Waals surface area contributed by atoms with Crippen molar-refractivity contribution in [2.45, 2.75) is 19.9 Å². The minimum absolute atomic E-state index is 0.111. The molecular weight excluding hydrogens is 252 g/mol. The summed E-state index contributed by atoms with van der Waals surface area (Å²) in [5.41, 5.74) is 1.88. The SMILES string of the molecule is CCOC(=O)c1ccc(C#N)n1C(C)c1ccccc1. The number of nitriles is 1. The van der Waals surface area contributed by atoms with Gasteiger partial charge in [0, 0.05) is 0 Å². The molecule has 0 saturated carbocycles. The van der Waals surface area contributed by atoms with E-state index in [1.54, 1.807) is 23.6 Å². The zero-order valence-electron chi connectivity index (χ0n) is 11.5. The standard InChI is InChI=1S/C16H16N2O2/c1-3-20-16(19)15-10-9-14(11-17)18(15)12(2)13-7-5-4-6-8-13/h4-10,12H,3H2,1-2H3. The van der Waals surface area contributed by atoms with Gasteiger partial charge in [-0.05, 0) is 31.5 Å². The average Bonchev–Trinajstić information content (AvgIpc) is 2.91. The van der Waals surface area contributed by atoms with Crippen LogP contribution in [0.5, 0.6) is 0 Å². The molecule has 0 bridgehead atoms. The summed E-state index contributed by atoms with van der Waals surface area (Å²) in [4.78, 5) is 12.0. The third-order valence-electron chi connectivity index (χ3n) is 3.19. The molecule has 1 atom stereocenters. The maximum Gasteiger partial charge on any atom is 0.354 e. The van der Waals surface area contributed by atoms with E-state index in [4.69, 9.17) is 4.74 Å². The molecule has 1 heterocycles. The topological polar surface area (TPSA) is 55.0 Å². The van der Waals surface area contributed by atoms with Gasteiger partial charge in [0.2, 0.25) is 0 Å². The van der Waals surface area contributed by atoms with Crippen LogP contribution in [0.15, 0.2) is 42.5 Å². The first-order valence-corrected chi connectivity index (χ1v) is 6.52. The number of hydrogen-bond donors (Lipinski definition) is 0. The molecule has 1 aromatic carbocycles. The number of ether oxygens (including phenoxy) is 1. The Morgan fingerprint density at radius 2 is 2.00 bits per heavy atom. The maximum absolute atomic E-state index is 12.0. The van der Waals surface area contributed by atoms with E-state index in [0.717, 1.165) is 5.56 Å². The Balaban J connectivity index is 2.47. The second-order valence-corrected chi connectivity index (χ2v) is 4.39. The van der Waals surface area contributed by atoms with Gasteiger partial charge in [0.05, 0.1) is 12.6 Å². The van der Waals surface area contributed by atoms with E-state index in [1.807, 2.05) is 37.3 Å². The second-order valence-electron chi connectivity index (χ2n) is 4.39. The van der Waals surface area contributed by atoms with E-state index in [1.165, 1.54) is 0 Å². The summed E-state index contributed by atoms with van der Waals surface area (Å²) in [6.45, 7) is 4.03. The van der Waals surface area contributed by atoms with E-state index >= 15 is 0 Å². The summed E-state index contributed by atoms with van der Waals surface area (Å²) in [5, 5.41) is 9.22. The molecule has 0 saturated heterocycles. The van der Waals surface area contributed by atoms with Crippen LogP contribution in [0.1, 0.15) is 41.6 Å². The molecule has 0 aliphatic carbocycles. The average molecular weight is 268 g/mol. The smallest absolute Gasteiger partial charge is 0.354 e. The van der Waals surface area contributed by atoms with Crippen LogP contribution >= 0.6 is 0 Å². The summed E-state index contributed by atoms with van der Waals surface area (Å²) >= 11 is 0. The zero-order chi connectivity index (χ0) is 14.5. The Morgan fingerprint density at radius 3 is 2.60 bits per heavy atom. The largest absolute Gasteiger partial charge is 0.461 e. The number of aromatic nitrogens is 1. The molecule has 1 aromatic heterocycles. The van der Waals surface area contributed by atoms with Crippen molar-refractivity contribution in [2.75, 3.05) is 6.61 Å². The van der Waals surface area contributed by atoms with Crippen LogP contribution < -0.4 is 0 Å². The Labute approximate surface area is 118 Å². The third-order valence-corrected chi connectivity index (χ3v) is 3.19. The summed E-state index contributed by atoms with van der Waals surface area (Å²) in [7, 11) is 0. The van der Waals surface area contributed by atoms with Crippen LogP contribution in [0.2, 0.25) is 0 Å². The van der Waals surface area contributed by atoms with Crippen molar-refractivity contribution >= 4 is 5.97 Å². The minimum Gasteiger partial charge on any atom is -0.461 e. The minimum atomic E-state index is -0.406. The Bertz CT molecular complexity index is 638. The molecule has 102 valence electrons. The van der Waals surface area contributed by atoms with Crippen LogP contribution in [0.4, 0.5) is 0 Å². The van der Waals surface area contributed by atoms with Gasteiger partial charge in [-0.15, -0.1) is 0 Å². The van der Waals surface area contributed by atoms with E-state index < -0.39 is 5.97 Å². The number of carbonyl (C=O) groups is 1. The highest BCUT2D eigenvalue weighted by Gasteiger charge is 2.20. The van der Waals surface area contributed by atoms with Gasteiger partial charge in [0.15, 0.2) is 0 Å². The predicted octanol–water partition coefficient (Wildman–Crippen LogP) is 3.15. The van der Waals surface area contributed by atoms with Gasteiger partial charge in [-0.2, -0.15) is 5.26 Å². The Morgan fingerprint density at radius 1 is 1.30 bits per heavy atom. The highest BCUT2D eigenvalue weighted by atomic mass is 16.5. The van der Waals surface area contributed by atoms with Crippen molar-refractivity contribution in [1.29, 1.82) is 5.26 Å². The number of hydrogen-bond acceptors (Lipinski definition) is 3. The van der Waals surface area contributed by atoms with Crippen molar-refractivity contribution in [1.82, 2.24) is 4.57 Å². The number of carbonyl (C=O) groups excluding carboxylic acids is 1. The summed E-state index contributed by atoms with van der Waals surface area (Å²) in [5.74, 6) is -0.406. The fourth-order valence-electron chi connectivity index (χ4n) is 2.21. The van der Waals surface area contributed by atoms with Crippen molar-refractivity contribution in [3.8, 4) is 6.07 Å². The van der Waals surface area contributed by atoms with Gasteiger partial charge in [-0.25, -0.2) is 4.79 Å². The first kappa shape index (κ1) is 13.9. The van der Waals surface area contributed by atoms with Crippen molar-refractivity contribution < 1.29 is 9.53 Å². The van der Waals surface area contributed by atoms with Gasteiger partial charge >= 0.3 is 5.97 Å². The van der Waals surface area contributed by atoms with Gasteiger partial charge in [0.1, 0.15) is 17.5 Å². The zero-order valence-corrected chi connectivity index (χ0v) is 11.5. The lowest BCUT2D eigenvalue weighted by Gasteiger charge is -2.18. The molecule has 0 fully saturated rings. The molecule has 2 aromatic rings. The predicted molar refractivity (Wildman–Crippen MR) is 75.4 cm³/mol. The lowest BCUT2D eigenvalue weighted by molar-refractivity contribution is 0.0512. The van der Waals surface area contributed by atoms with Gasteiger partial charge in [0.25, 0.3) is 0 Å². The number of nitrogens with zero attached hydrogens (tertiary/aromatic N) is 2. The van der Waals surface area contributed by atoms with Crippen molar-refractivity contribution in [3.05, 3.63) is 59.4 Å². The normalized spacial score (nSPS) is 11.7. The molecule has 0 radical (unpaired) electrons. The molecular formula is C16H16N2O2. The molecule has 0 spiro atoms. The van der Waals surface area contributed by atoms with Crippen LogP contribution in [-0.2, 0) is 4.74 Å². The molecule has 4 heteroatoms. The first-order valence-electron chi connectivity index (χ1n) is 6.52. The van der Waals surface area contributed by atoms with Gasteiger partial charge in [-0.3, -0.25) is 0 Å². The number of rotatable bonds is 4. The fraction of sp³-hybridized carbons (Fsp3) is 0.250. The molecule has 0 aliphatic heterocycles. The van der Waals surface area contributed by atoms with E-state index in [0.29, 0.717) is 18.0 Å². The van der Waals surface area contributed by atoms with Crippen LogP contribution in [0, 0.1) is 11.3 Å². The number of benzene rings is 1. The maximum atomic E-state index is 12.0. The highest BCUT2D eigenvalue weighted by Crippen LogP contribution is 2.23. The summed E-state index contributed by atoms with van der Waals surface area (Å²) in [6.07, 6.45) is 0. The Hall–Kier alpha value is -2.54. The fourth-order valence-corrected chi connectivity index (χ4v) is 2.21. The van der Waals surface area contributed by atoms with Gasteiger partial charge < -0.3 is 9.30 Å². The van der Waals surface area contributed by atoms with Crippen molar-refractivity contribution in [2.24, 2.45) is 0 Å². The molecule has 0 N–H and O–H groups in total. The summed E-state index contributed by atoms with van der Waals surface area (Å²) < 4.78 is 6.76. The molecule has 2 rings (SSSR count). The lowest BCUT2D eigenvalue weighted by atomic mass is 10.1. The first-order chi connectivity index (χ1) is 9.69. The molecule has 0 aliphatic rings. The molecule has 1 unspecified atom stereocenters. The Kier molecular flexibility index (Phi) is 4.21. The quantitative estimate of drug-likeness (QED) is 0.800. The van der Waals surface area contributed by atoms with Gasteiger partial charge in [-0.1, -0.05) is 30.3 Å². The van der Waals surface area contributed by atoms with Crippen LogP contribution in [0.25, 0.3) is 0 Å². The highest BCUT2D eigenvalue weighted by molar-refractivity contribution is 5.88. The molecule has 0 amide bonds. The lowest BCUT2D eigenvalue weighted by Crippen LogP contribution is -2.17. The number of esters is 1. The third kappa shape index (κ3) is 2.57. The second kappa shape index (κ2) is 6.07. The van der Waals surface area contributed by atoms with E-state index in [2.05, 4.69) is 6.07 Å². The molecule has 20 heavy (non-hydrogen) atoms. The van der Waals surface area contributed by atoms with Crippen molar-refractivity contribution in [3.63, 3.8) is 0 Å². The van der Waals surface area contributed by atoms with E-state index in [9.17, 15) is 10.1 Å². The van der Waals surface area contributed by atoms with E-state index in [-0.39, 0.29) is 6.04 Å². The van der Waals surface area contributed by atoms with Crippen LogP contribution in [-0.4, -0.2) is 17.1 Å².